The molecule has 1 atom stereocenters. The molecule has 1 amide bonds. The van der Waals surface area contributed by atoms with Crippen LogP contribution in [0, 0.1) is 0 Å². The van der Waals surface area contributed by atoms with Crippen molar-refractivity contribution in [2.75, 3.05) is 32.5 Å². The van der Waals surface area contributed by atoms with Crippen molar-refractivity contribution in [2.24, 2.45) is 0 Å². The van der Waals surface area contributed by atoms with Gasteiger partial charge in [0.25, 0.3) is 5.91 Å². The molecular formula is C15H21F3N4O5S. The number of aliphatic hydroxyl groups excluding tert-OH is 1. The summed E-state index contributed by atoms with van der Waals surface area (Å²) in [4.78, 5) is 15.4. The van der Waals surface area contributed by atoms with E-state index in [0.29, 0.717) is 12.8 Å². The lowest BCUT2D eigenvalue weighted by atomic mass is 10.1. The summed E-state index contributed by atoms with van der Waals surface area (Å²) in [6, 6.07) is 1.03. The van der Waals surface area contributed by atoms with Gasteiger partial charge in [0.2, 0.25) is 10.0 Å². The van der Waals surface area contributed by atoms with Gasteiger partial charge in [0, 0.05) is 26.4 Å². The monoisotopic (exact) mass is 426 g/mol. The van der Waals surface area contributed by atoms with Gasteiger partial charge in [-0.25, -0.2) is 13.4 Å². The highest BCUT2D eigenvalue weighted by Gasteiger charge is 2.38. The summed E-state index contributed by atoms with van der Waals surface area (Å²) in [7, 11) is -2.34. The number of nitrogen functional groups attached to an aromatic ring is 1. The predicted octanol–water partition coefficient (Wildman–Crippen LogP) is 0.116. The van der Waals surface area contributed by atoms with E-state index in [-0.39, 0.29) is 29.8 Å². The van der Waals surface area contributed by atoms with Crippen LogP contribution in [0.15, 0.2) is 17.2 Å². The molecule has 1 aromatic rings. The summed E-state index contributed by atoms with van der Waals surface area (Å²) in [5.74, 6) is -1.06. The fourth-order valence-electron chi connectivity index (χ4n) is 2.64. The molecule has 0 radical (unpaired) electrons. The minimum Gasteiger partial charge on any atom is -0.397 e. The number of nitrogens with zero attached hydrogens (tertiary/aromatic N) is 2. The number of aromatic nitrogens is 1. The lowest BCUT2D eigenvalue weighted by molar-refractivity contribution is -0.201. The van der Waals surface area contributed by atoms with Gasteiger partial charge in [-0.15, -0.1) is 0 Å². The Balaban J connectivity index is 2.10. The number of hydrogen-bond donors (Lipinski definition) is 3. The molecule has 28 heavy (non-hydrogen) atoms. The Morgan fingerprint density at radius 1 is 1.46 bits per heavy atom. The van der Waals surface area contributed by atoms with Crippen LogP contribution in [0.25, 0.3) is 0 Å². The second-order valence-corrected chi connectivity index (χ2v) is 8.15. The number of nitrogens with one attached hydrogen (secondary N) is 1. The molecule has 2 rings (SSSR count). The number of anilines is 1. The van der Waals surface area contributed by atoms with Crippen LogP contribution >= 0.6 is 0 Å². The van der Waals surface area contributed by atoms with Gasteiger partial charge < -0.3 is 20.9 Å². The summed E-state index contributed by atoms with van der Waals surface area (Å²) < 4.78 is 68.6. The first-order valence-corrected chi connectivity index (χ1v) is 9.72. The number of aliphatic hydroxyl groups is 1. The number of nitrogens with two attached hydrogens (primary N) is 1. The number of sulfonamides is 1. The zero-order chi connectivity index (χ0) is 21.1. The highest BCUT2D eigenvalue weighted by Crippen LogP contribution is 2.24. The molecule has 1 aliphatic rings. The number of carbonyl (C=O) groups excluding carboxylic acids is 1. The minimum absolute atomic E-state index is 0.0206. The van der Waals surface area contributed by atoms with Crippen molar-refractivity contribution < 1.29 is 36.2 Å². The van der Waals surface area contributed by atoms with Crippen molar-refractivity contribution in [2.45, 2.75) is 36.1 Å². The number of alkyl halides is 3. The number of carbonyl (C=O) groups is 1. The zero-order valence-corrected chi connectivity index (χ0v) is 15.8. The SMILES string of the molecule is COC1CCN(S(=O)(=O)c2cnc(C(=O)NCC(O)C(F)(F)F)c(N)c2)CC1. The Morgan fingerprint density at radius 3 is 2.57 bits per heavy atom. The van der Waals surface area contributed by atoms with Crippen LogP contribution in [0.1, 0.15) is 23.3 Å². The molecule has 1 saturated heterocycles. The van der Waals surface area contributed by atoms with Crippen LogP contribution in [0.2, 0.25) is 0 Å². The van der Waals surface area contributed by atoms with Crippen molar-refractivity contribution in [3.8, 4) is 0 Å². The van der Waals surface area contributed by atoms with Gasteiger partial charge in [0.15, 0.2) is 11.8 Å². The van der Waals surface area contributed by atoms with Crippen LogP contribution in [-0.4, -0.2) is 73.8 Å². The van der Waals surface area contributed by atoms with E-state index in [2.05, 4.69) is 4.98 Å². The molecule has 4 N–H and O–H groups in total. The number of rotatable bonds is 6. The average Bonchev–Trinajstić information content (AvgIpc) is 2.64. The van der Waals surface area contributed by atoms with Crippen LogP contribution in [0.3, 0.4) is 0 Å². The quantitative estimate of drug-likeness (QED) is 0.588. The zero-order valence-electron chi connectivity index (χ0n) is 14.9. The molecule has 0 aliphatic carbocycles. The van der Waals surface area contributed by atoms with Crippen LogP contribution in [0.4, 0.5) is 18.9 Å². The van der Waals surface area contributed by atoms with Gasteiger partial charge in [-0.3, -0.25) is 4.79 Å². The summed E-state index contributed by atoms with van der Waals surface area (Å²) >= 11 is 0. The first kappa shape index (κ1) is 22.3. The Bertz CT molecular complexity index is 810. The second-order valence-electron chi connectivity index (χ2n) is 6.22. The van der Waals surface area contributed by atoms with Crippen molar-refractivity contribution in [3.63, 3.8) is 0 Å². The molecule has 0 spiro atoms. The van der Waals surface area contributed by atoms with Gasteiger partial charge in [-0.2, -0.15) is 17.5 Å². The highest BCUT2D eigenvalue weighted by atomic mass is 32.2. The number of halogens is 3. The Kier molecular flexibility index (Phi) is 6.85. The smallest absolute Gasteiger partial charge is 0.397 e. The number of methoxy groups -OCH3 is 1. The van der Waals surface area contributed by atoms with Gasteiger partial charge in [0.1, 0.15) is 4.90 Å². The average molecular weight is 426 g/mol. The number of piperidine rings is 1. The van der Waals surface area contributed by atoms with E-state index >= 15 is 0 Å². The normalized spacial score (nSPS) is 18.0. The topological polar surface area (TPSA) is 135 Å². The molecule has 1 aliphatic heterocycles. The van der Waals surface area contributed by atoms with Gasteiger partial charge in [-0.05, 0) is 18.9 Å². The first-order chi connectivity index (χ1) is 13.0. The third kappa shape index (κ3) is 5.10. The second kappa shape index (κ2) is 8.59. The largest absolute Gasteiger partial charge is 0.416 e. The lowest BCUT2D eigenvalue weighted by Crippen LogP contribution is -2.41. The van der Waals surface area contributed by atoms with Gasteiger partial charge >= 0.3 is 6.18 Å². The van der Waals surface area contributed by atoms with Crippen molar-refractivity contribution in [1.82, 2.24) is 14.6 Å². The molecular weight excluding hydrogens is 405 g/mol. The standard InChI is InChI=1S/C15H21F3N4O5S/c1-27-9-2-4-22(5-3-9)28(25,26)10-6-11(19)13(20-7-10)14(24)21-8-12(23)15(16,17)18/h6-7,9,12,23H,2-5,8,19H2,1H3,(H,21,24). The molecule has 158 valence electrons. The maximum atomic E-state index is 12.7. The van der Waals surface area contributed by atoms with E-state index in [1.807, 2.05) is 5.32 Å². The summed E-state index contributed by atoms with van der Waals surface area (Å²) in [5.41, 5.74) is 4.92. The van der Waals surface area contributed by atoms with E-state index in [0.717, 1.165) is 12.3 Å². The molecule has 9 nitrogen and oxygen atoms in total. The van der Waals surface area contributed by atoms with E-state index in [9.17, 15) is 26.4 Å². The Hall–Kier alpha value is -1.96. The summed E-state index contributed by atoms with van der Waals surface area (Å²) in [5, 5.41) is 10.8. The molecule has 13 heteroatoms. The van der Waals surface area contributed by atoms with Crippen LogP contribution < -0.4 is 11.1 Å². The van der Waals surface area contributed by atoms with Crippen molar-refractivity contribution >= 4 is 21.6 Å². The molecule has 0 saturated carbocycles. The van der Waals surface area contributed by atoms with Crippen molar-refractivity contribution in [3.05, 3.63) is 18.0 Å². The Morgan fingerprint density at radius 2 is 2.07 bits per heavy atom. The van der Waals surface area contributed by atoms with E-state index in [1.54, 1.807) is 7.11 Å². The lowest BCUT2D eigenvalue weighted by Gasteiger charge is -2.30. The maximum absolute atomic E-state index is 12.7. The minimum atomic E-state index is -4.89. The van der Waals surface area contributed by atoms with Gasteiger partial charge in [-0.1, -0.05) is 0 Å². The summed E-state index contributed by atoms with van der Waals surface area (Å²) in [6.07, 6.45) is -5.68. The predicted molar refractivity (Wildman–Crippen MR) is 91.8 cm³/mol. The third-order valence-electron chi connectivity index (χ3n) is 4.31. The molecule has 1 unspecified atom stereocenters. The molecule has 2 heterocycles. The maximum Gasteiger partial charge on any atom is 0.416 e. The molecule has 1 aromatic heterocycles. The van der Waals surface area contributed by atoms with E-state index in [4.69, 9.17) is 15.6 Å². The van der Waals surface area contributed by atoms with Crippen LogP contribution in [0.5, 0.6) is 0 Å². The highest BCUT2D eigenvalue weighted by molar-refractivity contribution is 7.89. The number of pyridine rings is 1. The fourth-order valence-corrected chi connectivity index (χ4v) is 4.09. The van der Waals surface area contributed by atoms with Gasteiger partial charge in [0.05, 0.1) is 18.3 Å². The third-order valence-corrected chi connectivity index (χ3v) is 6.18. The number of ether oxygens (including phenoxy) is 1. The number of amides is 1. The molecule has 1 fully saturated rings. The summed E-state index contributed by atoms with van der Waals surface area (Å²) in [6.45, 7) is -0.589. The Labute approximate surface area is 159 Å². The van der Waals surface area contributed by atoms with E-state index < -0.39 is 40.4 Å². The fraction of sp³-hybridized carbons (Fsp3) is 0.600. The van der Waals surface area contributed by atoms with Crippen molar-refractivity contribution in [1.29, 1.82) is 0 Å². The molecule has 0 bridgehead atoms. The number of hydrogen-bond acceptors (Lipinski definition) is 7. The first-order valence-electron chi connectivity index (χ1n) is 8.28. The van der Waals surface area contributed by atoms with E-state index in [1.165, 1.54) is 4.31 Å². The van der Waals surface area contributed by atoms with Crippen LogP contribution in [-0.2, 0) is 14.8 Å². The molecule has 0 aromatic carbocycles.